The van der Waals surface area contributed by atoms with Crippen molar-refractivity contribution < 1.29 is 19.5 Å². The molecule has 3 amide bonds. The SMILES string of the molecule is CNC(=O)[C@H]1[C@@H]2SC3(CC2Br)C(C(=O)Nc2c(C)cccc2Cl)N([C@@H](CO)CC(C)C)C(=O)[C@H]13. The van der Waals surface area contributed by atoms with Gasteiger partial charge in [-0.1, -0.05) is 53.5 Å². The fraction of sp³-hybridized carbons (Fsp3) is 0.625. The van der Waals surface area contributed by atoms with Gasteiger partial charge in [0.15, 0.2) is 0 Å². The minimum atomic E-state index is -0.832. The largest absolute Gasteiger partial charge is 0.394 e. The zero-order chi connectivity index (χ0) is 24.9. The molecular formula is C24H31BrClN3O4S. The minimum absolute atomic E-state index is 0.00109. The summed E-state index contributed by atoms with van der Waals surface area (Å²) in [5, 5.41) is 16.3. The Balaban J connectivity index is 1.81. The summed E-state index contributed by atoms with van der Waals surface area (Å²) >= 11 is 11.7. The van der Waals surface area contributed by atoms with E-state index in [1.807, 2.05) is 32.9 Å². The van der Waals surface area contributed by atoms with Crippen LogP contribution < -0.4 is 10.6 Å². The van der Waals surface area contributed by atoms with E-state index in [9.17, 15) is 19.5 Å². The molecule has 0 radical (unpaired) electrons. The van der Waals surface area contributed by atoms with Crippen molar-refractivity contribution in [3.8, 4) is 0 Å². The van der Waals surface area contributed by atoms with Gasteiger partial charge in [-0.25, -0.2) is 0 Å². The van der Waals surface area contributed by atoms with Crippen molar-refractivity contribution >= 4 is 62.7 Å². The molecule has 3 aliphatic heterocycles. The first-order valence-corrected chi connectivity index (χ1v) is 13.8. The molecule has 34 heavy (non-hydrogen) atoms. The second kappa shape index (κ2) is 9.64. The predicted octanol–water partition coefficient (Wildman–Crippen LogP) is 3.20. The number of carbonyl (C=O) groups excluding carboxylic acids is 3. The van der Waals surface area contributed by atoms with Crippen LogP contribution in [0.5, 0.6) is 0 Å². The number of benzene rings is 1. The molecule has 3 N–H and O–H groups in total. The van der Waals surface area contributed by atoms with E-state index in [1.165, 1.54) is 0 Å². The Morgan fingerprint density at radius 1 is 1.35 bits per heavy atom. The Morgan fingerprint density at radius 3 is 2.65 bits per heavy atom. The van der Waals surface area contributed by atoms with Crippen LogP contribution in [0.25, 0.3) is 0 Å². The summed E-state index contributed by atoms with van der Waals surface area (Å²) in [4.78, 5) is 42.5. The van der Waals surface area contributed by atoms with Crippen LogP contribution in [0.15, 0.2) is 18.2 Å². The lowest BCUT2D eigenvalue weighted by molar-refractivity contribution is -0.142. The first-order valence-electron chi connectivity index (χ1n) is 11.6. The monoisotopic (exact) mass is 571 g/mol. The van der Waals surface area contributed by atoms with Crippen LogP contribution in [0.2, 0.25) is 5.02 Å². The number of fused-ring (bicyclic) bond motifs is 1. The number of aryl methyl sites for hydroxylation is 1. The number of aliphatic hydroxyl groups is 1. The first-order chi connectivity index (χ1) is 16.1. The summed E-state index contributed by atoms with van der Waals surface area (Å²) in [7, 11) is 1.58. The van der Waals surface area contributed by atoms with Gasteiger partial charge >= 0.3 is 0 Å². The van der Waals surface area contributed by atoms with E-state index in [0.717, 1.165) is 5.56 Å². The van der Waals surface area contributed by atoms with Gasteiger partial charge in [-0.05, 0) is 37.3 Å². The molecule has 186 valence electrons. The Bertz CT molecular complexity index is 990. The van der Waals surface area contributed by atoms with Crippen LogP contribution in [0.4, 0.5) is 5.69 Å². The number of hydrogen-bond acceptors (Lipinski definition) is 5. The van der Waals surface area contributed by atoms with Gasteiger partial charge in [-0.3, -0.25) is 14.4 Å². The maximum atomic E-state index is 14.0. The molecule has 10 heteroatoms. The van der Waals surface area contributed by atoms with Crippen LogP contribution >= 0.6 is 39.3 Å². The number of nitrogens with zero attached hydrogens (tertiary/aromatic N) is 1. The van der Waals surface area contributed by atoms with Gasteiger partial charge in [0.25, 0.3) is 0 Å². The molecule has 3 unspecified atom stereocenters. The number of likely N-dealkylation sites (tertiary alicyclic amines) is 1. The van der Waals surface area contributed by atoms with Gasteiger partial charge in [0.1, 0.15) is 6.04 Å². The zero-order valence-electron chi connectivity index (χ0n) is 19.7. The number of carbonyl (C=O) groups is 3. The van der Waals surface area contributed by atoms with E-state index < -0.39 is 28.7 Å². The third-order valence-corrected chi connectivity index (χ3v) is 10.9. The molecule has 3 fully saturated rings. The topological polar surface area (TPSA) is 98.7 Å². The third kappa shape index (κ3) is 3.96. The van der Waals surface area contributed by atoms with Gasteiger partial charge in [0, 0.05) is 17.1 Å². The van der Waals surface area contributed by atoms with E-state index in [-0.39, 0.29) is 40.3 Å². The standard InChI is InChI=1S/C24H31BrClN3O4S/c1-11(2)8-13(10-30)29-20(22(32)28-18-12(3)6-5-7-15(18)26)24-9-14(25)19(34-24)16(21(31)27-4)17(24)23(29)33/h5-7,11,13-14,16-17,19-20,30H,8-10H2,1-4H3,(H,27,31)(H,28,32)/t13-,14?,16-,17+,19-,20?,24?/m1/s1. The lowest BCUT2D eigenvalue weighted by Crippen LogP contribution is -2.55. The van der Waals surface area contributed by atoms with Gasteiger partial charge in [-0.15, -0.1) is 11.8 Å². The van der Waals surface area contributed by atoms with Crippen LogP contribution in [-0.2, 0) is 14.4 Å². The molecule has 1 aromatic rings. The van der Waals surface area contributed by atoms with E-state index in [1.54, 1.807) is 29.8 Å². The van der Waals surface area contributed by atoms with Crippen LogP contribution in [0.1, 0.15) is 32.3 Å². The highest BCUT2D eigenvalue weighted by Gasteiger charge is 2.76. The molecule has 3 saturated heterocycles. The molecule has 2 bridgehead atoms. The number of anilines is 1. The lowest BCUT2D eigenvalue weighted by atomic mass is 9.70. The van der Waals surface area contributed by atoms with Crippen LogP contribution in [-0.4, -0.2) is 68.3 Å². The average Bonchev–Trinajstić information content (AvgIpc) is 3.37. The highest BCUT2D eigenvalue weighted by molar-refractivity contribution is 9.09. The predicted molar refractivity (Wildman–Crippen MR) is 138 cm³/mol. The molecule has 0 aromatic heterocycles. The molecule has 0 aliphatic carbocycles. The van der Waals surface area contributed by atoms with Gasteiger partial charge in [0.05, 0.1) is 39.9 Å². The van der Waals surface area contributed by atoms with Gasteiger partial charge < -0.3 is 20.6 Å². The van der Waals surface area contributed by atoms with Crippen molar-refractivity contribution in [2.24, 2.45) is 17.8 Å². The summed E-state index contributed by atoms with van der Waals surface area (Å²) in [5.74, 6) is -1.70. The second-order valence-electron chi connectivity index (χ2n) is 9.91. The summed E-state index contributed by atoms with van der Waals surface area (Å²) in [5.41, 5.74) is 1.33. The molecular weight excluding hydrogens is 542 g/mol. The molecule has 0 saturated carbocycles. The van der Waals surface area contributed by atoms with Gasteiger partial charge in [-0.2, -0.15) is 0 Å². The highest BCUT2D eigenvalue weighted by Crippen LogP contribution is 2.68. The number of rotatable bonds is 7. The van der Waals surface area contributed by atoms with Crippen LogP contribution in [0.3, 0.4) is 0 Å². The van der Waals surface area contributed by atoms with E-state index in [4.69, 9.17) is 11.6 Å². The van der Waals surface area contributed by atoms with E-state index in [0.29, 0.717) is 23.6 Å². The zero-order valence-corrected chi connectivity index (χ0v) is 22.8. The van der Waals surface area contributed by atoms with Crippen molar-refractivity contribution in [2.45, 2.75) is 60.5 Å². The second-order valence-corrected chi connectivity index (χ2v) is 13.0. The number of thioether (sulfide) groups is 1. The summed E-state index contributed by atoms with van der Waals surface area (Å²) in [6, 6.07) is 4.04. The fourth-order valence-corrected chi connectivity index (χ4v) is 9.90. The van der Waals surface area contributed by atoms with Gasteiger partial charge in [0.2, 0.25) is 17.7 Å². The smallest absolute Gasteiger partial charge is 0.248 e. The molecule has 7 atom stereocenters. The highest BCUT2D eigenvalue weighted by atomic mass is 79.9. The molecule has 4 rings (SSSR count). The summed E-state index contributed by atoms with van der Waals surface area (Å²) in [6.07, 6.45) is 1.14. The van der Waals surface area contributed by atoms with Crippen molar-refractivity contribution in [3.05, 3.63) is 28.8 Å². The number of amides is 3. The Kier molecular flexibility index (Phi) is 7.31. The third-order valence-electron chi connectivity index (χ3n) is 7.34. The normalized spacial score (nSPS) is 32.8. The number of hydrogen-bond donors (Lipinski definition) is 3. The van der Waals surface area contributed by atoms with Crippen molar-refractivity contribution in [2.75, 3.05) is 19.0 Å². The Hall–Kier alpha value is -1.29. The molecule has 1 spiro atoms. The molecule has 3 aliphatic rings. The number of nitrogens with one attached hydrogen (secondary N) is 2. The fourth-order valence-electron chi connectivity index (χ4n) is 6.03. The van der Waals surface area contributed by atoms with E-state index in [2.05, 4.69) is 26.6 Å². The maximum absolute atomic E-state index is 14.0. The average molecular weight is 573 g/mol. The Morgan fingerprint density at radius 2 is 2.06 bits per heavy atom. The number of para-hydroxylation sites is 1. The van der Waals surface area contributed by atoms with Crippen molar-refractivity contribution in [1.29, 1.82) is 0 Å². The molecule has 1 aromatic carbocycles. The number of alkyl halides is 1. The summed E-state index contributed by atoms with van der Waals surface area (Å²) in [6.45, 7) is 5.65. The number of aliphatic hydroxyl groups excluding tert-OH is 1. The van der Waals surface area contributed by atoms with E-state index >= 15 is 0 Å². The lowest BCUT2D eigenvalue weighted by Gasteiger charge is -2.38. The first kappa shape index (κ1) is 25.8. The number of halogens is 2. The Labute approximate surface area is 217 Å². The summed E-state index contributed by atoms with van der Waals surface area (Å²) < 4.78 is -0.767. The minimum Gasteiger partial charge on any atom is -0.394 e. The molecule has 3 heterocycles. The van der Waals surface area contributed by atoms with Crippen LogP contribution in [0, 0.1) is 24.7 Å². The van der Waals surface area contributed by atoms with Crippen molar-refractivity contribution in [1.82, 2.24) is 10.2 Å². The molecule has 7 nitrogen and oxygen atoms in total. The van der Waals surface area contributed by atoms with Crippen molar-refractivity contribution in [3.63, 3.8) is 0 Å². The quantitative estimate of drug-likeness (QED) is 0.436. The maximum Gasteiger partial charge on any atom is 0.248 e.